The molecule has 92 valence electrons. The Morgan fingerprint density at radius 1 is 0.684 bits per heavy atom. The third-order valence-electron chi connectivity index (χ3n) is 2.78. The van der Waals surface area contributed by atoms with Gasteiger partial charge in [-0.05, 0) is 59.0 Å². The number of nitrogens with zero attached hydrogens (tertiary/aromatic N) is 3. The van der Waals surface area contributed by atoms with Gasteiger partial charge in [0.15, 0.2) is 0 Å². The van der Waals surface area contributed by atoms with Gasteiger partial charge < -0.3 is 0 Å². The van der Waals surface area contributed by atoms with Crippen LogP contribution in [-0.4, -0.2) is 15.0 Å². The molecular weight excluding hydrogens is 349 g/mol. The van der Waals surface area contributed by atoms with Gasteiger partial charge in [-0.15, -0.1) is 0 Å². The summed E-state index contributed by atoms with van der Waals surface area (Å²) in [6, 6.07) is 12.0. The third kappa shape index (κ3) is 2.63. The van der Waals surface area contributed by atoms with Crippen molar-refractivity contribution in [3.63, 3.8) is 0 Å². The average molecular weight is 359 g/mol. The Hall–Kier alpha value is -1.82. The summed E-state index contributed by atoms with van der Waals surface area (Å²) in [6.45, 7) is 0. The molecule has 0 unspecified atom stereocenters. The molecule has 0 aliphatic rings. The summed E-state index contributed by atoms with van der Waals surface area (Å²) in [5.41, 5.74) is 4.09. The van der Waals surface area contributed by atoms with Crippen molar-refractivity contribution in [3.8, 4) is 22.5 Å². The molecule has 0 atom stereocenters. The lowest BCUT2D eigenvalue weighted by Crippen LogP contribution is -1.92. The fourth-order valence-corrected chi connectivity index (χ4v) is 2.45. The smallest absolute Gasteiger partial charge is 0.0843 e. The molecule has 0 saturated heterocycles. The van der Waals surface area contributed by atoms with E-state index in [4.69, 9.17) is 4.98 Å². The molecule has 3 aromatic heterocycles. The second-order valence-corrected chi connectivity index (χ2v) is 5.16. The van der Waals surface area contributed by atoms with Crippen molar-refractivity contribution in [2.45, 2.75) is 0 Å². The van der Waals surface area contributed by atoms with Gasteiger partial charge >= 0.3 is 0 Å². The maximum atomic E-state index is 4.75. The van der Waals surface area contributed by atoms with Crippen LogP contribution in [0.2, 0.25) is 0 Å². The Kier molecular flexibility index (Phi) is 3.50. The van der Waals surface area contributed by atoms with Crippen molar-refractivity contribution >= 4 is 22.6 Å². The molecule has 0 radical (unpaired) electrons. The van der Waals surface area contributed by atoms with E-state index in [0.717, 1.165) is 26.1 Å². The lowest BCUT2D eigenvalue weighted by Gasteiger charge is -2.07. The van der Waals surface area contributed by atoms with E-state index in [1.165, 1.54) is 0 Å². The van der Waals surface area contributed by atoms with E-state index in [-0.39, 0.29) is 0 Å². The van der Waals surface area contributed by atoms with Crippen molar-refractivity contribution < 1.29 is 0 Å². The van der Waals surface area contributed by atoms with Crippen LogP contribution in [0, 0.1) is 3.57 Å². The van der Waals surface area contributed by atoms with Gasteiger partial charge in [0.2, 0.25) is 0 Å². The third-order valence-corrected chi connectivity index (χ3v) is 3.65. The highest BCUT2D eigenvalue weighted by Gasteiger charge is 2.07. The molecule has 0 spiro atoms. The Morgan fingerprint density at radius 2 is 1.26 bits per heavy atom. The molecule has 0 amide bonds. The molecule has 0 aliphatic heterocycles. The second kappa shape index (κ2) is 5.44. The molecule has 3 rings (SSSR count). The minimum Gasteiger partial charge on any atom is -0.265 e. The SMILES string of the molecule is Ic1ccc(-c2ccncc2)nc1-c1ccncc1. The van der Waals surface area contributed by atoms with Crippen molar-refractivity contribution in [3.05, 3.63) is 64.8 Å². The molecule has 0 saturated carbocycles. The monoisotopic (exact) mass is 359 g/mol. The van der Waals surface area contributed by atoms with E-state index >= 15 is 0 Å². The molecule has 0 N–H and O–H groups in total. The van der Waals surface area contributed by atoms with Gasteiger partial charge in [0.1, 0.15) is 0 Å². The van der Waals surface area contributed by atoms with Gasteiger partial charge in [-0.25, -0.2) is 4.98 Å². The normalized spacial score (nSPS) is 10.4. The minimum atomic E-state index is 0.953. The maximum absolute atomic E-state index is 4.75. The first-order chi connectivity index (χ1) is 9.34. The van der Waals surface area contributed by atoms with E-state index in [9.17, 15) is 0 Å². The fourth-order valence-electron chi connectivity index (χ4n) is 1.84. The van der Waals surface area contributed by atoms with Crippen LogP contribution in [0.25, 0.3) is 22.5 Å². The van der Waals surface area contributed by atoms with Crippen molar-refractivity contribution in [1.29, 1.82) is 0 Å². The van der Waals surface area contributed by atoms with E-state index < -0.39 is 0 Å². The number of halogens is 1. The zero-order valence-electron chi connectivity index (χ0n) is 9.99. The molecule has 19 heavy (non-hydrogen) atoms. The molecular formula is C15H10IN3. The second-order valence-electron chi connectivity index (χ2n) is 4.00. The molecule has 0 aromatic carbocycles. The minimum absolute atomic E-state index is 0.953. The summed E-state index contributed by atoms with van der Waals surface area (Å²) in [6.07, 6.45) is 7.13. The van der Waals surface area contributed by atoms with Crippen LogP contribution in [0.1, 0.15) is 0 Å². The van der Waals surface area contributed by atoms with Crippen molar-refractivity contribution in [2.75, 3.05) is 0 Å². The van der Waals surface area contributed by atoms with Crippen LogP contribution in [0.4, 0.5) is 0 Å². The van der Waals surface area contributed by atoms with Gasteiger partial charge in [-0.2, -0.15) is 0 Å². The summed E-state index contributed by atoms with van der Waals surface area (Å²) in [5.74, 6) is 0. The predicted octanol–water partition coefficient (Wildman–Crippen LogP) is 3.81. The standard InChI is InChI=1S/C15H10IN3/c16-13-1-2-14(11-3-7-17-8-4-11)19-15(13)12-5-9-18-10-6-12/h1-10H. The molecule has 0 bridgehead atoms. The fraction of sp³-hybridized carbons (Fsp3) is 0. The Morgan fingerprint density at radius 3 is 1.89 bits per heavy atom. The quantitative estimate of drug-likeness (QED) is 0.654. The van der Waals surface area contributed by atoms with Crippen molar-refractivity contribution in [2.24, 2.45) is 0 Å². The maximum Gasteiger partial charge on any atom is 0.0843 e. The Bertz CT molecular complexity index is 684. The summed E-state index contributed by atoms with van der Waals surface area (Å²) in [5, 5.41) is 0. The van der Waals surface area contributed by atoms with E-state index in [1.54, 1.807) is 24.8 Å². The highest BCUT2D eigenvalue weighted by molar-refractivity contribution is 14.1. The number of pyridine rings is 3. The first-order valence-corrected chi connectivity index (χ1v) is 6.90. The number of aromatic nitrogens is 3. The Labute approximate surface area is 124 Å². The molecule has 0 fully saturated rings. The van der Waals surface area contributed by atoms with Crippen LogP contribution < -0.4 is 0 Å². The average Bonchev–Trinajstić information content (AvgIpc) is 2.49. The summed E-state index contributed by atoms with van der Waals surface area (Å²) < 4.78 is 1.13. The molecule has 0 aliphatic carbocycles. The highest BCUT2D eigenvalue weighted by Crippen LogP contribution is 2.26. The van der Waals surface area contributed by atoms with Crippen LogP contribution in [0.3, 0.4) is 0 Å². The highest BCUT2D eigenvalue weighted by atomic mass is 127. The van der Waals surface area contributed by atoms with Gasteiger partial charge in [0.25, 0.3) is 0 Å². The van der Waals surface area contributed by atoms with Crippen molar-refractivity contribution in [1.82, 2.24) is 15.0 Å². The van der Waals surface area contributed by atoms with E-state index in [2.05, 4.69) is 38.6 Å². The number of rotatable bonds is 2. The van der Waals surface area contributed by atoms with Crippen LogP contribution in [0.15, 0.2) is 61.2 Å². The van der Waals surface area contributed by atoms with Crippen LogP contribution >= 0.6 is 22.6 Å². The van der Waals surface area contributed by atoms with Crippen LogP contribution in [0.5, 0.6) is 0 Å². The molecule has 3 aromatic rings. The van der Waals surface area contributed by atoms with E-state index in [1.807, 2.05) is 30.3 Å². The first kappa shape index (κ1) is 12.2. The zero-order valence-corrected chi connectivity index (χ0v) is 12.2. The van der Waals surface area contributed by atoms with Gasteiger partial charge in [-0.3, -0.25) is 9.97 Å². The summed E-state index contributed by atoms with van der Waals surface area (Å²) in [7, 11) is 0. The van der Waals surface area contributed by atoms with Crippen LogP contribution in [-0.2, 0) is 0 Å². The van der Waals surface area contributed by atoms with Gasteiger partial charge in [0, 0.05) is 39.5 Å². The molecule has 3 nitrogen and oxygen atoms in total. The van der Waals surface area contributed by atoms with Gasteiger partial charge in [0.05, 0.1) is 11.4 Å². The van der Waals surface area contributed by atoms with Gasteiger partial charge in [-0.1, -0.05) is 0 Å². The lowest BCUT2D eigenvalue weighted by atomic mass is 10.1. The number of hydrogen-bond donors (Lipinski definition) is 0. The zero-order chi connectivity index (χ0) is 13.1. The largest absolute Gasteiger partial charge is 0.265 e. The predicted molar refractivity (Wildman–Crippen MR) is 83.4 cm³/mol. The summed E-state index contributed by atoms with van der Waals surface area (Å²) >= 11 is 2.30. The number of hydrogen-bond acceptors (Lipinski definition) is 3. The lowest BCUT2D eigenvalue weighted by molar-refractivity contribution is 1.26. The summed E-state index contributed by atoms with van der Waals surface area (Å²) in [4.78, 5) is 12.8. The Balaban J connectivity index is 2.12. The molecule has 3 heterocycles. The first-order valence-electron chi connectivity index (χ1n) is 5.82. The molecule has 4 heteroatoms. The topological polar surface area (TPSA) is 38.7 Å². The van der Waals surface area contributed by atoms with E-state index in [0.29, 0.717) is 0 Å².